The largest absolute Gasteiger partial charge is 2.00 e. The molecule has 0 spiro atoms. The summed E-state index contributed by atoms with van der Waals surface area (Å²) in [6.45, 7) is 1.80. The summed E-state index contributed by atoms with van der Waals surface area (Å²) in [4.78, 5) is 9.49. The van der Waals surface area contributed by atoms with E-state index in [4.69, 9.17) is 0 Å². The molecule has 0 saturated heterocycles. The zero-order chi connectivity index (χ0) is 4.99. The zero-order valence-corrected chi connectivity index (χ0v) is 7.08. The fourth-order valence-electron chi connectivity index (χ4n) is 0.204. The van der Waals surface area contributed by atoms with Crippen LogP contribution in [0.1, 0.15) is 19.8 Å². The van der Waals surface area contributed by atoms with Crippen LogP contribution in [-0.2, 0) is 4.79 Å². The smallest absolute Gasteiger partial charge is 0.550 e. The van der Waals surface area contributed by atoms with Gasteiger partial charge in [-0.3, -0.25) is 0 Å². The van der Waals surface area contributed by atoms with Crippen LogP contribution in [0, 0.1) is 0 Å². The summed E-state index contributed by atoms with van der Waals surface area (Å²) in [6.07, 6.45) is 0.850. The molecule has 0 rings (SSSR count). The van der Waals surface area contributed by atoms with E-state index in [-0.39, 0.29) is 30.3 Å². The second-order valence-electron chi connectivity index (χ2n) is 1.12. The van der Waals surface area contributed by atoms with Crippen LogP contribution >= 0.6 is 0 Å². The Balaban J connectivity index is 0. The number of carboxylic acids is 1. The van der Waals surface area contributed by atoms with Crippen LogP contribution in [0.15, 0.2) is 0 Å². The third-order valence-electron chi connectivity index (χ3n) is 0.454. The van der Waals surface area contributed by atoms with Crippen molar-refractivity contribution in [2.75, 3.05) is 0 Å². The Labute approximate surface area is 59.9 Å². The van der Waals surface area contributed by atoms with Crippen LogP contribution < -0.4 is 5.11 Å². The van der Waals surface area contributed by atoms with Gasteiger partial charge in [-0.2, -0.15) is 0 Å². The first-order valence-corrected chi connectivity index (χ1v) is 1.97. The van der Waals surface area contributed by atoms with Gasteiger partial charge in [-0.05, 0) is 6.42 Å². The van der Waals surface area contributed by atoms with Gasteiger partial charge in [0.05, 0.1) is 0 Å². The molecule has 2 nitrogen and oxygen atoms in total. The number of rotatable bonds is 2. The summed E-state index contributed by atoms with van der Waals surface area (Å²) in [6, 6.07) is 0. The van der Waals surface area contributed by atoms with Crippen LogP contribution in [0.2, 0.25) is 0 Å². The van der Waals surface area contributed by atoms with Gasteiger partial charge in [-0.15, -0.1) is 0 Å². The van der Waals surface area contributed by atoms with Gasteiger partial charge in [0.1, 0.15) is 0 Å². The van der Waals surface area contributed by atoms with Crippen molar-refractivity contribution in [3.8, 4) is 0 Å². The molecule has 0 bridgehead atoms. The molecule has 0 aliphatic rings. The Morgan fingerprint density at radius 2 is 2.14 bits per heavy atom. The third-order valence-corrected chi connectivity index (χ3v) is 0.454. The van der Waals surface area contributed by atoms with E-state index in [0.29, 0.717) is 6.42 Å². The van der Waals surface area contributed by atoms with Gasteiger partial charge < -0.3 is 9.90 Å². The van der Waals surface area contributed by atoms with E-state index in [0.717, 1.165) is 0 Å². The minimum Gasteiger partial charge on any atom is -0.550 e. The molecule has 0 aliphatic heterocycles. The van der Waals surface area contributed by atoms with Crippen molar-refractivity contribution in [1.29, 1.82) is 0 Å². The first-order chi connectivity index (χ1) is 2.77. The number of hydrogen-bond donors (Lipinski definition) is 0. The number of carboxylic acid groups (broad SMARTS) is 1. The van der Waals surface area contributed by atoms with Gasteiger partial charge in [-0.25, -0.2) is 0 Å². The third kappa shape index (κ3) is 10.7. The average molecular weight is 206 g/mol. The van der Waals surface area contributed by atoms with Crippen LogP contribution in [0.25, 0.3) is 0 Å². The molecule has 0 atom stereocenters. The van der Waals surface area contributed by atoms with E-state index in [2.05, 4.69) is 0 Å². The van der Waals surface area contributed by atoms with Crippen LogP contribution in [-0.4, -0.2) is 29.9 Å². The van der Waals surface area contributed by atoms with Crippen molar-refractivity contribution in [1.82, 2.24) is 0 Å². The summed E-state index contributed by atoms with van der Waals surface area (Å²) >= 11 is 0. The van der Waals surface area contributed by atoms with Crippen molar-refractivity contribution in [3.05, 3.63) is 0 Å². The fraction of sp³-hybridized carbons (Fsp3) is 0.750. The second kappa shape index (κ2) is 6.27. The van der Waals surface area contributed by atoms with Crippen LogP contribution in [0.4, 0.5) is 0 Å². The van der Waals surface area contributed by atoms with Gasteiger partial charge in [-0.1, -0.05) is 13.3 Å². The van der Waals surface area contributed by atoms with Crippen LogP contribution in [0.5, 0.6) is 0 Å². The summed E-state index contributed by atoms with van der Waals surface area (Å²) < 4.78 is 0. The maximum Gasteiger partial charge on any atom is 2.00 e. The average Bonchev–Trinajstić information content (AvgIpc) is 1.35. The van der Waals surface area contributed by atoms with Gasteiger partial charge in [0.15, 0.2) is 0 Å². The monoisotopic (exact) mass is 207 g/mol. The Bertz CT molecular complexity index is 53.7. The van der Waals surface area contributed by atoms with Crippen molar-refractivity contribution >= 4 is 29.9 Å². The molecule has 0 N–H and O–H groups in total. The molecule has 0 unspecified atom stereocenters. The molecule has 0 amide bonds. The molecular formula is C4H7O2Sn+. The van der Waals surface area contributed by atoms with Gasteiger partial charge in [0, 0.05) is 5.97 Å². The molecule has 0 aromatic carbocycles. The van der Waals surface area contributed by atoms with Crippen molar-refractivity contribution in [2.45, 2.75) is 19.8 Å². The minimum absolute atomic E-state index is 0. The number of carbonyl (C=O) groups is 1. The summed E-state index contributed by atoms with van der Waals surface area (Å²) in [7, 11) is 0. The molecule has 0 fully saturated rings. The normalized spacial score (nSPS) is 7.00. The first kappa shape index (κ1) is 10.3. The molecule has 2 radical (unpaired) electrons. The van der Waals surface area contributed by atoms with Gasteiger partial charge >= 0.3 is 23.9 Å². The van der Waals surface area contributed by atoms with E-state index >= 15 is 0 Å². The SMILES string of the molecule is CCCC(=O)[O-].[Sn+2]. The molecule has 0 aromatic rings. The van der Waals surface area contributed by atoms with E-state index < -0.39 is 5.97 Å². The second-order valence-corrected chi connectivity index (χ2v) is 1.12. The summed E-state index contributed by atoms with van der Waals surface area (Å²) in [5.74, 6) is -0.961. The number of carbonyl (C=O) groups excluding carboxylic acids is 1. The molecule has 0 aromatic heterocycles. The first-order valence-electron chi connectivity index (χ1n) is 1.97. The van der Waals surface area contributed by atoms with Gasteiger partial charge in [0.25, 0.3) is 0 Å². The van der Waals surface area contributed by atoms with E-state index in [9.17, 15) is 9.90 Å². The molecule has 0 aliphatic carbocycles. The standard InChI is InChI=1S/C4H8O2.Sn/c1-2-3-4(5)6;/h2-3H2,1H3,(H,5,6);/q;+2/p-1. The minimum atomic E-state index is -0.961. The van der Waals surface area contributed by atoms with Gasteiger partial charge in [0.2, 0.25) is 0 Å². The van der Waals surface area contributed by atoms with E-state index in [1.165, 1.54) is 0 Å². The molecule has 7 heavy (non-hydrogen) atoms. The predicted molar refractivity (Wildman–Crippen MR) is 25.7 cm³/mol. The van der Waals surface area contributed by atoms with E-state index in [1.54, 1.807) is 6.92 Å². The maximum atomic E-state index is 9.49. The fourth-order valence-corrected chi connectivity index (χ4v) is 0.204. The zero-order valence-electron chi connectivity index (χ0n) is 4.23. The molecule has 0 heterocycles. The maximum absolute atomic E-state index is 9.49. The predicted octanol–water partition coefficient (Wildman–Crippen LogP) is -0.844. The molecule has 0 saturated carbocycles. The van der Waals surface area contributed by atoms with Crippen molar-refractivity contribution in [2.24, 2.45) is 0 Å². The Kier molecular flexibility index (Phi) is 9.21. The molecular weight excluding hydrogens is 199 g/mol. The quantitative estimate of drug-likeness (QED) is 0.552. The number of aliphatic carboxylic acids is 1. The Morgan fingerprint density at radius 3 is 2.14 bits per heavy atom. The Hall–Kier alpha value is 0.269. The van der Waals surface area contributed by atoms with Crippen LogP contribution in [0.3, 0.4) is 0 Å². The topological polar surface area (TPSA) is 40.1 Å². The summed E-state index contributed by atoms with van der Waals surface area (Å²) in [5, 5.41) is 9.49. The van der Waals surface area contributed by atoms with E-state index in [1.807, 2.05) is 0 Å². The molecule has 38 valence electrons. The van der Waals surface area contributed by atoms with Crippen molar-refractivity contribution in [3.63, 3.8) is 0 Å². The summed E-state index contributed by atoms with van der Waals surface area (Å²) in [5.41, 5.74) is 0. The molecule has 3 heteroatoms. The Morgan fingerprint density at radius 1 is 1.71 bits per heavy atom. The number of hydrogen-bond acceptors (Lipinski definition) is 2. The van der Waals surface area contributed by atoms with Crippen molar-refractivity contribution < 1.29 is 9.90 Å².